The lowest BCUT2D eigenvalue weighted by Crippen LogP contribution is -1.99. The van der Waals surface area contributed by atoms with Crippen LogP contribution in [0.2, 0.25) is 0 Å². The molecule has 17 heavy (non-hydrogen) atoms. The molecule has 1 aromatic rings. The Morgan fingerprint density at radius 3 is 2.35 bits per heavy atom. The average molecular weight is 235 g/mol. The summed E-state index contributed by atoms with van der Waals surface area (Å²) in [6.07, 6.45) is 4.46. The normalized spacial score (nSPS) is 10.3. The van der Waals surface area contributed by atoms with Gasteiger partial charge in [-0.2, -0.15) is 0 Å². The van der Waals surface area contributed by atoms with Crippen molar-refractivity contribution in [1.29, 1.82) is 0 Å². The summed E-state index contributed by atoms with van der Waals surface area (Å²) < 4.78 is 11.1. The summed E-state index contributed by atoms with van der Waals surface area (Å²) in [7, 11) is 0. The van der Waals surface area contributed by atoms with Crippen molar-refractivity contribution in [1.82, 2.24) is 0 Å². The van der Waals surface area contributed by atoms with Gasteiger partial charge in [-0.1, -0.05) is 25.8 Å². The van der Waals surface area contributed by atoms with Gasteiger partial charge in [-0.05, 0) is 44.4 Å². The standard InChI is InChI=1S/C15H23O2/c1-4-7-8-9-13-10-11-14(16-5-2)15(12-13)17-6-3/h10-12H,1,4-9H2,2-3H3. The van der Waals surface area contributed by atoms with Crippen LogP contribution in [0.4, 0.5) is 0 Å². The van der Waals surface area contributed by atoms with Gasteiger partial charge in [0.2, 0.25) is 0 Å². The zero-order valence-electron chi connectivity index (χ0n) is 11.0. The molecule has 0 bridgehead atoms. The number of unbranched alkanes of at least 4 members (excludes halogenated alkanes) is 2. The van der Waals surface area contributed by atoms with Gasteiger partial charge < -0.3 is 9.47 Å². The minimum atomic E-state index is 0.668. The van der Waals surface area contributed by atoms with Gasteiger partial charge in [-0.25, -0.2) is 0 Å². The number of ether oxygens (including phenoxy) is 2. The molecular formula is C15H23O2. The molecule has 2 heteroatoms. The Bertz CT molecular complexity index is 321. The number of benzene rings is 1. The van der Waals surface area contributed by atoms with Crippen molar-refractivity contribution in [2.45, 2.75) is 39.5 Å². The molecule has 0 saturated heterocycles. The molecule has 0 aliphatic carbocycles. The molecule has 0 fully saturated rings. The zero-order chi connectivity index (χ0) is 12.5. The maximum atomic E-state index is 5.60. The van der Waals surface area contributed by atoms with Crippen molar-refractivity contribution in [3.05, 3.63) is 30.7 Å². The minimum Gasteiger partial charge on any atom is -0.490 e. The number of hydrogen-bond acceptors (Lipinski definition) is 2. The second-order valence-electron chi connectivity index (χ2n) is 3.96. The van der Waals surface area contributed by atoms with Gasteiger partial charge >= 0.3 is 0 Å². The molecule has 0 saturated carbocycles. The number of rotatable bonds is 8. The van der Waals surface area contributed by atoms with Crippen molar-refractivity contribution >= 4 is 0 Å². The molecule has 95 valence electrons. The summed E-state index contributed by atoms with van der Waals surface area (Å²) >= 11 is 0. The van der Waals surface area contributed by atoms with Crippen LogP contribution in [0.1, 0.15) is 38.7 Å². The van der Waals surface area contributed by atoms with Gasteiger partial charge in [0.25, 0.3) is 0 Å². The second kappa shape index (κ2) is 7.99. The lowest BCUT2D eigenvalue weighted by Gasteiger charge is -2.12. The van der Waals surface area contributed by atoms with E-state index in [4.69, 9.17) is 9.47 Å². The van der Waals surface area contributed by atoms with Crippen LogP contribution in [0.15, 0.2) is 18.2 Å². The van der Waals surface area contributed by atoms with Crippen LogP contribution < -0.4 is 9.47 Å². The van der Waals surface area contributed by atoms with E-state index in [1.54, 1.807) is 0 Å². The maximum absolute atomic E-state index is 5.60. The first-order chi connectivity index (χ1) is 8.31. The minimum absolute atomic E-state index is 0.668. The molecular weight excluding hydrogens is 212 g/mol. The Kier molecular flexibility index (Phi) is 6.53. The highest BCUT2D eigenvalue weighted by atomic mass is 16.5. The van der Waals surface area contributed by atoms with Crippen molar-refractivity contribution < 1.29 is 9.47 Å². The SMILES string of the molecule is [CH2]CCCCc1ccc(OCC)c(OCC)c1. The molecule has 0 N–H and O–H groups in total. The molecule has 0 heterocycles. The van der Waals surface area contributed by atoms with E-state index in [-0.39, 0.29) is 0 Å². The third-order valence-electron chi connectivity index (χ3n) is 2.57. The zero-order valence-corrected chi connectivity index (χ0v) is 11.0. The van der Waals surface area contributed by atoms with E-state index in [0.29, 0.717) is 13.2 Å². The van der Waals surface area contributed by atoms with Crippen LogP contribution in [0, 0.1) is 6.92 Å². The topological polar surface area (TPSA) is 18.5 Å². The van der Waals surface area contributed by atoms with Gasteiger partial charge in [-0.15, -0.1) is 0 Å². The first-order valence-electron chi connectivity index (χ1n) is 6.49. The van der Waals surface area contributed by atoms with Gasteiger partial charge in [0.05, 0.1) is 13.2 Å². The average Bonchev–Trinajstić information content (AvgIpc) is 2.33. The quantitative estimate of drug-likeness (QED) is 0.633. The second-order valence-corrected chi connectivity index (χ2v) is 3.96. The van der Waals surface area contributed by atoms with E-state index >= 15 is 0 Å². The van der Waals surface area contributed by atoms with E-state index in [0.717, 1.165) is 24.3 Å². The van der Waals surface area contributed by atoms with Crippen LogP contribution in [0.3, 0.4) is 0 Å². The van der Waals surface area contributed by atoms with Gasteiger partial charge in [0, 0.05) is 0 Å². The molecule has 1 rings (SSSR count). The highest BCUT2D eigenvalue weighted by Gasteiger charge is 2.05. The fourth-order valence-corrected chi connectivity index (χ4v) is 1.76. The summed E-state index contributed by atoms with van der Waals surface area (Å²) in [5.41, 5.74) is 1.31. The lowest BCUT2D eigenvalue weighted by molar-refractivity contribution is 0.287. The molecule has 1 aromatic carbocycles. The van der Waals surface area contributed by atoms with Crippen molar-refractivity contribution in [3.63, 3.8) is 0 Å². The van der Waals surface area contributed by atoms with Crippen molar-refractivity contribution in [2.75, 3.05) is 13.2 Å². The van der Waals surface area contributed by atoms with Crippen LogP contribution in [0.25, 0.3) is 0 Å². The highest BCUT2D eigenvalue weighted by Crippen LogP contribution is 2.29. The number of aryl methyl sites for hydroxylation is 1. The fourth-order valence-electron chi connectivity index (χ4n) is 1.76. The van der Waals surface area contributed by atoms with Crippen LogP contribution >= 0.6 is 0 Å². The Hall–Kier alpha value is -1.18. The van der Waals surface area contributed by atoms with Gasteiger partial charge in [0.1, 0.15) is 0 Å². The molecule has 0 unspecified atom stereocenters. The Morgan fingerprint density at radius 1 is 1.00 bits per heavy atom. The fraction of sp³-hybridized carbons (Fsp3) is 0.533. The molecule has 0 aliphatic rings. The summed E-state index contributed by atoms with van der Waals surface area (Å²) in [4.78, 5) is 0. The molecule has 0 aromatic heterocycles. The van der Waals surface area contributed by atoms with Gasteiger partial charge in [-0.3, -0.25) is 0 Å². The third kappa shape index (κ3) is 4.68. The molecule has 0 aliphatic heterocycles. The summed E-state index contributed by atoms with van der Waals surface area (Å²) in [6, 6.07) is 6.22. The molecule has 0 atom stereocenters. The maximum Gasteiger partial charge on any atom is 0.161 e. The van der Waals surface area contributed by atoms with Crippen LogP contribution in [0.5, 0.6) is 11.5 Å². The van der Waals surface area contributed by atoms with E-state index < -0.39 is 0 Å². The van der Waals surface area contributed by atoms with Crippen molar-refractivity contribution in [2.24, 2.45) is 0 Å². The van der Waals surface area contributed by atoms with E-state index in [1.165, 1.54) is 18.4 Å². The van der Waals surface area contributed by atoms with Crippen LogP contribution in [-0.4, -0.2) is 13.2 Å². The summed E-state index contributed by atoms with van der Waals surface area (Å²) in [5.74, 6) is 1.71. The molecule has 0 spiro atoms. The summed E-state index contributed by atoms with van der Waals surface area (Å²) in [6.45, 7) is 9.17. The largest absolute Gasteiger partial charge is 0.490 e. The van der Waals surface area contributed by atoms with Crippen molar-refractivity contribution in [3.8, 4) is 11.5 Å². The number of hydrogen-bond donors (Lipinski definition) is 0. The molecule has 0 amide bonds. The Balaban J connectivity index is 2.70. The lowest BCUT2D eigenvalue weighted by atomic mass is 10.1. The van der Waals surface area contributed by atoms with Gasteiger partial charge in [0.15, 0.2) is 11.5 Å². The first-order valence-corrected chi connectivity index (χ1v) is 6.49. The monoisotopic (exact) mass is 235 g/mol. The Labute approximate surface area is 105 Å². The Morgan fingerprint density at radius 2 is 1.71 bits per heavy atom. The molecule has 1 radical (unpaired) electrons. The highest BCUT2D eigenvalue weighted by molar-refractivity contribution is 5.43. The van der Waals surface area contributed by atoms with E-state index in [1.807, 2.05) is 19.9 Å². The third-order valence-corrected chi connectivity index (χ3v) is 2.57. The predicted molar refractivity (Wildman–Crippen MR) is 71.7 cm³/mol. The smallest absolute Gasteiger partial charge is 0.161 e. The summed E-state index contributed by atoms with van der Waals surface area (Å²) in [5, 5.41) is 0. The first kappa shape index (κ1) is 13.9. The van der Waals surface area contributed by atoms with Crippen LogP contribution in [-0.2, 0) is 6.42 Å². The molecule has 2 nitrogen and oxygen atoms in total. The van der Waals surface area contributed by atoms with E-state index in [9.17, 15) is 0 Å². The van der Waals surface area contributed by atoms with E-state index in [2.05, 4.69) is 19.1 Å². The predicted octanol–water partition coefficient (Wildman–Crippen LogP) is 4.03.